The molecule has 0 aromatic rings. The fourth-order valence-electron chi connectivity index (χ4n) is 1.06. The lowest BCUT2D eigenvalue weighted by Gasteiger charge is -2.01. The third kappa shape index (κ3) is 1.24. The first kappa shape index (κ1) is 7.02. The van der Waals surface area contributed by atoms with Crippen LogP contribution in [0.5, 0.6) is 0 Å². The van der Waals surface area contributed by atoms with Gasteiger partial charge in [0.25, 0.3) is 0 Å². The number of hydrogen-bond acceptors (Lipinski definition) is 3. The summed E-state index contributed by atoms with van der Waals surface area (Å²) in [7, 11) is -2.89. The van der Waals surface area contributed by atoms with Crippen LogP contribution in [-0.2, 0) is 9.84 Å². The van der Waals surface area contributed by atoms with Gasteiger partial charge in [0.2, 0.25) is 0 Å². The molecule has 9 heavy (non-hydrogen) atoms. The van der Waals surface area contributed by atoms with Gasteiger partial charge in [-0.15, -0.1) is 0 Å². The molecule has 3 nitrogen and oxygen atoms in total. The zero-order valence-corrected chi connectivity index (χ0v) is 5.89. The Hall–Kier alpha value is -0.0900. The summed E-state index contributed by atoms with van der Waals surface area (Å²) < 4.78 is 21.7. The Bertz CT molecular complexity index is 182. The molecule has 54 valence electrons. The molecular weight excluding hydrogens is 140 g/mol. The highest BCUT2D eigenvalue weighted by Gasteiger charge is 2.29. The largest absolute Gasteiger partial charge is 0.395 e. The molecule has 1 fully saturated rings. The van der Waals surface area contributed by atoms with Crippen LogP contribution in [0.15, 0.2) is 0 Å². The van der Waals surface area contributed by atoms with Crippen LogP contribution >= 0.6 is 0 Å². The van der Waals surface area contributed by atoms with Crippen molar-refractivity contribution in [2.45, 2.75) is 18.1 Å². The number of sulfone groups is 1. The molecule has 4 heteroatoms. The summed E-state index contributed by atoms with van der Waals surface area (Å²) in [5, 5.41) is 8.06. The van der Waals surface area contributed by atoms with Crippen LogP contribution in [0.3, 0.4) is 0 Å². The van der Waals surface area contributed by atoms with E-state index in [0.717, 1.165) is 0 Å². The maximum atomic E-state index is 10.8. The fourth-order valence-corrected chi connectivity index (χ4v) is 2.72. The van der Waals surface area contributed by atoms with Crippen molar-refractivity contribution in [3.05, 3.63) is 0 Å². The quantitative estimate of drug-likeness (QED) is 0.551. The lowest BCUT2D eigenvalue weighted by Crippen LogP contribution is -2.19. The molecule has 0 aromatic carbocycles. The van der Waals surface area contributed by atoms with Crippen molar-refractivity contribution in [2.75, 3.05) is 12.4 Å². The predicted molar refractivity (Wildman–Crippen MR) is 33.9 cm³/mol. The third-order valence-electron chi connectivity index (χ3n) is 1.67. The van der Waals surface area contributed by atoms with Crippen LogP contribution < -0.4 is 0 Å². The highest BCUT2D eigenvalue weighted by molar-refractivity contribution is 7.92. The first-order valence-corrected chi connectivity index (χ1v) is 4.71. The summed E-state index contributed by atoms with van der Waals surface area (Å²) in [5.74, 6) is 0.262. The standard InChI is InChI=1S/C5H10O3S/c6-4-5-2-1-3-9(5,7)8/h5-6H,1-4H2/t5-/m1/s1. The van der Waals surface area contributed by atoms with Crippen molar-refractivity contribution in [2.24, 2.45) is 0 Å². The molecule has 1 saturated heterocycles. The molecule has 0 aromatic heterocycles. The molecule has 1 N–H and O–H groups in total. The Labute approximate surface area is 54.6 Å². The van der Waals surface area contributed by atoms with Gasteiger partial charge < -0.3 is 5.11 Å². The van der Waals surface area contributed by atoms with Gasteiger partial charge in [-0.2, -0.15) is 0 Å². The van der Waals surface area contributed by atoms with Crippen molar-refractivity contribution in [3.63, 3.8) is 0 Å². The lowest BCUT2D eigenvalue weighted by molar-refractivity contribution is 0.289. The minimum absolute atomic E-state index is 0.206. The normalized spacial score (nSPS) is 32.8. The van der Waals surface area contributed by atoms with Gasteiger partial charge in [-0.05, 0) is 12.8 Å². The van der Waals surface area contributed by atoms with Crippen molar-refractivity contribution < 1.29 is 13.5 Å². The Balaban J connectivity index is 2.75. The summed E-state index contributed by atoms with van der Waals surface area (Å²) in [4.78, 5) is 0. The minimum atomic E-state index is -2.89. The Morgan fingerprint density at radius 3 is 2.44 bits per heavy atom. The van der Waals surface area contributed by atoms with E-state index in [1.165, 1.54) is 0 Å². The topological polar surface area (TPSA) is 54.4 Å². The van der Waals surface area contributed by atoms with Gasteiger partial charge >= 0.3 is 0 Å². The summed E-state index contributed by atoms with van der Waals surface area (Å²) in [5.41, 5.74) is 0. The molecular formula is C5H10O3S. The zero-order chi connectivity index (χ0) is 6.91. The van der Waals surface area contributed by atoms with Crippen LogP contribution in [0.25, 0.3) is 0 Å². The molecule has 0 unspecified atom stereocenters. The molecule has 0 bridgehead atoms. The molecule has 0 aliphatic carbocycles. The van der Waals surface area contributed by atoms with Crippen LogP contribution in [0.1, 0.15) is 12.8 Å². The molecule has 0 radical (unpaired) electrons. The molecule has 1 atom stereocenters. The average molecular weight is 150 g/mol. The molecule has 1 aliphatic heterocycles. The van der Waals surface area contributed by atoms with Crippen molar-refractivity contribution in [1.82, 2.24) is 0 Å². The second kappa shape index (κ2) is 2.27. The molecule has 1 rings (SSSR count). The number of aliphatic hydroxyl groups is 1. The maximum absolute atomic E-state index is 10.8. The molecule has 0 saturated carbocycles. The van der Waals surface area contributed by atoms with E-state index in [1.807, 2.05) is 0 Å². The van der Waals surface area contributed by atoms with Crippen LogP contribution in [-0.4, -0.2) is 31.1 Å². The van der Waals surface area contributed by atoms with Gasteiger partial charge in [0.05, 0.1) is 17.6 Å². The van der Waals surface area contributed by atoms with Gasteiger partial charge in [0.15, 0.2) is 9.84 Å². The SMILES string of the molecule is O=S1(=O)CCC[C@@H]1CO. The van der Waals surface area contributed by atoms with E-state index in [1.54, 1.807) is 0 Å². The average Bonchev–Trinajstić information content (AvgIpc) is 2.08. The van der Waals surface area contributed by atoms with Crippen LogP contribution in [0.2, 0.25) is 0 Å². The Morgan fingerprint density at radius 2 is 2.22 bits per heavy atom. The smallest absolute Gasteiger partial charge is 0.155 e. The molecule has 0 amide bonds. The number of hydrogen-bond donors (Lipinski definition) is 1. The van der Waals surface area contributed by atoms with Crippen LogP contribution in [0.4, 0.5) is 0 Å². The van der Waals surface area contributed by atoms with Crippen molar-refractivity contribution in [3.8, 4) is 0 Å². The first-order valence-electron chi connectivity index (χ1n) is 2.99. The second-order valence-corrected chi connectivity index (χ2v) is 4.71. The van der Waals surface area contributed by atoms with Gasteiger partial charge in [-0.3, -0.25) is 0 Å². The van der Waals surface area contributed by atoms with Gasteiger partial charge in [-0.1, -0.05) is 0 Å². The monoisotopic (exact) mass is 150 g/mol. The Morgan fingerprint density at radius 1 is 1.56 bits per heavy atom. The zero-order valence-electron chi connectivity index (χ0n) is 5.08. The third-order valence-corrected chi connectivity index (χ3v) is 3.92. The van der Waals surface area contributed by atoms with E-state index in [4.69, 9.17) is 5.11 Å². The molecule has 0 spiro atoms. The predicted octanol–water partition coefficient (Wildman–Crippen LogP) is -0.444. The summed E-state index contributed by atoms with van der Waals surface area (Å²) in [6.45, 7) is -0.206. The lowest BCUT2D eigenvalue weighted by atomic mass is 10.3. The second-order valence-electron chi connectivity index (χ2n) is 2.31. The highest BCUT2D eigenvalue weighted by atomic mass is 32.2. The van der Waals surface area contributed by atoms with Gasteiger partial charge in [-0.25, -0.2) is 8.42 Å². The molecule has 1 heterocycles. The van der Waals surface area contributed by atoms with Crippen molar-refractivity contribution in [1.29, 1.82) is 0 Å². The fraction of sp³-hybridized carbons (Fsp3) is 1.00. The van der Waals surface area contributed by atoms with E-state index < -0.39 is 15.1 Å². The van der Waals surface area contributed by atoms with E-state index in [0.29, 0.717) is 12.8 Å². The molecule has 1 aliphatic rings. The van der Waals surface area contributed by atoms with Crippen molar-refractivity contribution >= 4 is 9.84 Å². The van der Waals surface area contributed by atoms with E-state index in [9.17, 15) is 8.42 Å². The van der Waals surface area contributed by atoms with E-state index in [2.05, 4.69) is 0 Å². The Kier molecular flexibility index (Phi) is 1.77. The van der Waals surface area contributed by atoms with Gasteiger partial charge in [0.1, 0.15) is 0 Å². The first-order chi connectivity index (χ1) is 4.17. The van der Waals surface area contributed by atoms with Gasteiger partial charge in [0, 0.05) is 0 Å². The summed E-state index contributed by atoms with van der Waals surface area (Å²) in [6, 6.07) is 0. The highest BCUT2D eigenvalue weighted by Crippen LogP contribution is 2.18. The van der Waals surface area contributed by atoms with Crippen LogP contribution in [0, 0.1) is 0 Å². The number of aliphatic hydroxyl groups excluding tert-OH is 1. The number of rotatable bonds is 1. The van der Waals surface area contributed by atoms with E-state index in [-0.39, 0.29) is 12.4 Å². The summed E-state index contributed by atoms with van der Waals surface area (Å²) in [6.07, 6.45) is 1.35. The summed E-state index contributed by atoms with van der Waals surface area (Å²) >= 11 is 0. The minimum Gasteiger partial charge on any atom is -0.395 e. The van der Waals surface area contributed by atoms with E-state index >= 15 is 0 Å². The maximum Gasteiger partial charge on any atom is 0.155 e.